The first-order valence-electron chi connectivity index (χ1n) is 4.28. The number of nitrogens with zero attached hydrogens (tertiary/aromatic N) is 2. The first-order valence-corrected chi connectivity index (χ1v) is 4.66. The Morgan fingerprint density at radius 3 is 2.87 bits per heavy atom. The lowest BCUT2D eigenvalue weighted by molar-refractivity contribution is -0.133. The lowest BCUT2D eigenvalue weighted by atomic mass is 10.2. The van der Waals surface area contributed by atoms with Gasteiger partial charge in [-0.3, -0.25) is 15.2 Å². The minimum atomic E-state index is -0.857. The molecule has 0 bridgehead atoms. The van der Waals surface area contributed by atoms with Crippen LogP contribution in [-0.4, -0.2) is 22.5 Å². The molecule has 1 atom stereocenters. The number of aromatic nitrogens is 2. The quantitative estimate of drug-likeness (QED) is 0.438. The molecule has 1 aromatic rings. The molecule has 0 aliphatic rings. The predicted molar refractivity (Wildman–Crippen MR) is 53.7 cm³/mol. The van der Waals surface area contributed by atoms with E-state index in [0.717, 1.165) is 0 Å². The maximum absolute atomic E-state index is 11.3. The topological polar surface area (TPSA) is 90.1 Å². The van der Waals surface area contributed by atoms with Crippen LogP contribution in [0.25, 0.3) is 0 Å². The van der Waals surface area contributed by atoms with E-state index in [2.05, 4.69) is 9.97 Å². The van der Waals surface area contributed by atoms with Gasteiger partial charge in [-0.2, -0.15) is 0 Å². The van der Waals surface area contributed by atoms with Crippen molar-refractivity contribution in [2.45, 2.75) is 13.0 Å². The first kappa shape index (κ1) is 11.8. The summed E-state index contributed by atoms with van der Waals surface area (Å²) in [6.45, 7) is 2.13. The highest BCUT2D eigenvalue weighted by atomic mass is 35.5. The van der Waals surface area contributed by atoms with Crippen molar-refractivity contribution in [1.29, 1.82) is 0 Å². The van der Waals surface area contributed by atoms with Crippen LogP contribution in [0.2, 0.25) is 5.15 Å². The Balaban J connectivity index is 2.88. The summed E-state index contributed by atoms with van der Waals surface area (Å²) < 4.78 is 5.18. The van der Waals surface area contributed by atoms with Crippen molar-refractivity contribution >= 4 is 17.5 Å². The maximum atomic E-state index is 11.3. The Kier molecular flexibility index (Phi) is 4.41. The number of amides is 1. The summed E-state index contributed by atoms with van der Waals surface area (Å²) in [4.78, 5) is 19.1. The molecule has 0 aliphatic carbocycles. The zero-order valence-electron chi connectivity index (χ0n) is 8.11. The third-order valence-corrected chi connectivity index (χ3v) is 1.82. The summed E-state index contributed by atoms with van der Waals surface area (Å²) in [7, 11) is 0. The number of hydrogen-bond donors (Lipinski definition) is 2. The van der Waals surface area contributed by atoms with Crippen LogP contribution >= 0.6 is 11.6 Å². The molecule has 0 aliphatic heterocycles. The van der Waals surface area contributed by atoms with E-state index in [9.17, 15) is 4.79 Å². The van der Waals surface area contributed by atoms with Crippen molar-refractivity contribution in [2.24, 2.45) is 5.84 Å². The van der Waals surface area contributed by atoms with E-state index in [4.69, 9.17) is 22.2 Å². The average Bonchev–Trinajstić information content (AvgIpc) is 2.26. The fourth-order valence-electron chi connectivity index (χ4n) is 0.995. The summed E-state index contributed by atoms with van der Waals surface area (Å²) >= 11 is 5.57. The molecule has 15 heavy (non-hydrogen) atoms. The van der Waals surface area contributed by atoms with Gasteiger partial charge < -0.3 is 4.74 Å². The molecule has 1 amide bonds. The zero-order chi connectivity index (χ0) is 11.3. The summed E-state index contributed by atoms with van der Waals surface area (Å²) in [5.74, 6) is 4.54. The molecule has 0 radical (unpaired) electrons. The molecule has 7 heteroatoms. The molecule has 1 unspecified atom stereocenters. The smallest absolute Gasteiger partial charge is 0.269 e. The van der Waals surface area contributed by atoms with E-state index in [1.807, 2.05) is 5.43 Å². The van der Waals surface area contributed by atoms with Gasteiger partial charge in [-0.1, -0.05) is 11.6 Å². The van der Waals surface area contributed by atoms with Gasteiger partial charge in [-0.05, 0) is 6.92 Å². The van der Waals surface area contributed by atoms with Gasteiger partial charge in [0.2, 0.25) is 0 Å². The van der Waals surface area contributed by atoms with Gasteiger partial charge in [0.15, 0.2) is 6.10 Å². The van der Waals surface area contributed by atoms with Gasteiger partial charge in [0.05, 0.1) is 18.1 Å². The van der Waals surface area contributed by atoms with Crippen LogP contribution in [0.4, 0.5) is 0 Å². The number of halogens is 1. The van der Waals surface area contributed by atoms with Gasteiger partial charge in [0, 0.05) is 6.61 Å². The number of ether oxygens (including phenoxy) is 1. The molecule has 82 valence electrons. The van der Waals surface area contributed by atoms with Gasteiger partial charge in [0.1, 0.15) is 5.15 Å². The molecule has 6 nitrogen and oxygen atoms in total. The summed E-state index contributed by atoms with van der Waals surface area (Å²) in [5, 5.41) is 0.252. The largest absolute Gasteiger partial charge is 0.362 e. The highest BCUT2D eigenvalue weighted by molar-refractivity contribution is 6.29. The number of hydrogen-bond acceptors (Lipinski definition) is 5. The number of nitrogens with two attached hydrogens (primary N) is 1. The van der Waals surface area contributed by atoms with Crippen molar-refractivity contribution < 1.29 is 9.53 Å². The Morgan fingerprint density at radius 2 is 2.40 bits per heavy atom. The monoisotopic (exact) mass is 230 g/mol. The van der Waals surface area contributed by atoms with Gasteiger partial charge >= 0.3 is 0 Å². The number of nitrogens with one attached hydrogen (secondary N) is 1. The lowest BCUT2D eigenvalue weighted by Crippen LogP contribution is -2.36. The van der Waals surface area contributed by atoms with E-state index < -0.39 is 12.0 Å². The van der Waals surface area contributed by atoms with Gasteiger partial charge in [-0.15, -0.1) is 0 Å². The minimum Gasteiger partial charge on any atom is -0.362 e. The second-order valence-corrected chi connectivity index (χ2v) is 3.00. The molecule has 1 heterocycles. The Morgan fingerprint density at radius 1 is 1.67 bits per heavy atom. The minimum absolute atomic E-state index is 0.252. The van der Waals surface area contributed by atoms with Crippen LogP contribution in [0.5, 0.6) is 0 Å². The zero-order valence-corrected chi connectivity index (χ0v) is 8.86. The second kappa shape index (κ2) is 5.59. The van der Waals surface area contributed by atoms with E-state index >= 15 is 0 Å². The van der Waals surface area contributed by atoms with Gasteiger partial charge in [0.25, 0.3) is 5.91 Å². The third kappa shape index (κ3) is 3.12. The Labute approximate surface area is 91.8 Å². The molecule has 0 saturated carbocycles. The van der Waals surface area contributed by atoms with Crippen LogP contribution in [-0.2, 0) is 9.53 Å². The van der Waals surface area contributed by atoms with E-state index in [1.165, 1.54) is 12.4 Å². The van der Waals surface area contributed by atoms with E-state index in [-0.39, 0.29) is 5.15 Å². The lowest BCUT2D eigenvalue weighted by Gasteiger charge is -2.13. The molecule has 0 fully saturated rings. The van der Waals surface area contributed by atoms with Crippen molar-refractivity contribution in [1.82, 2.24) is 15.4 Å². The SMILES string of the molecule is CCOC(C(=O)NN)c1cnc(Cl)cn1. The molecule has 1 aromatic heterocycles. The van der Waals surface area contributed by atoms with Crippen molar-refractivity contribution in [3.8, 4) is 0 Å². The van der Waals surface area contributed by atoms with Crippen LogP contribution in [0.15, 0.2) is 12.4 Å². The van der Waals surface area contributed by atoms with Gasteiger partial charge in [-0.25, -0.2) is 10.8 Å². The van der Waals surface area contributed by atoms with Crippen LogP contribution in [0, 0.1) is 0 Å². The molecule has 1 rings (SSSR count). The standard InChI is InChI=1S/C8H11ClN4O2/c1-2-15-7(8(14)13-10)5-3-12-6(9)4-11-5/h3-4,7H,2,10H2,1H3,(H,13,14). The molecule has 0 saturated heterocycles. The fraction of sp³-hybridized carbons (Fsp3) is 0.375. The average molecular weight is 231 g/mol. The van der Waals surface area contributed by atoms with Crippen LogP contribution in [0.3, 0.4) is 0 Å². The second-order valence-electron chi connectivity index (χ2n) is 2.61. The molecular weight excluding hydrogens is 220 g/mol. The number of hydrazine groups is 1. The Hall–Kier alpha value is -1.24. The van der Waals surface area contributed by atoms with Crippen LogP contribution < -0.4 is 11.3 Å². The number of rotatable bonds is 4. The summed E-state index contributed by atoms with van der Waals surface area (Å²) in [6.07, 6.45) is 1.86. The summed E-state index contributed by atoms with van der Waals surface area (Å²) in [6, 6.07) is 0. The maximum Gasteiger partial charge on any atom is 0.269 e. The van der Waals surface area contributed by atoms with Crippen molar-refractivity contribution in [3.05, 3.63) is 23.2 Å². The molecule has 0 spiro atoms. The van der Waals surface area contributed by atoms with E-state index in [0.29, 0.717) is 12.3 Å². The fourth-order valence-corrected chi connectivity index (χ4v) is 1.09. The van der Waals surface area contributed by atoms with Crippen LogP contribution in [0.1, 0.15) is 18.7 Å². The molecule has 0 aromatic carbocycles. The number of carbonyl (C=O) groups excluding carboxylic acids is 1. The molecular formula is C8H11ClN4O2. The highest BCUT2D eigenvalue weighted by Crippen LogP contribution is 2.14. The number of carbonyl (C=O) groups is 1. The normalized spacial score (nSPS) is 12.2. The van der Waals surface area contributed by atoms with Crippen molar-refractivity contribution in [2.75, 3.05) is 6.61 Å². The Bertz CT molecular complexity index is 330. The third-order valence-electron chi connectivity index (χ3n) is 1.62. The summed E-state index contributed by atoms with van der Waals surface area (Å²) in [5.41, 5.74) is 2.36. The first-order chi connectivity index (χ1) is 7.19. The predicted octanol–water partition coefficient (Wildman–Crippen LogP) is 0.197. The van der Waals surface area contributed by atoms with Crippen molar-refractivity contribution in [3.63, 3.8) is 0 Å². The highest BCUT2D eigenvalue weighted by Gasteiger charge is 2.21. The molecule has 3 N–H and O–H groups in total. The van der Waals surface area contributed by atoms with E-state index in [1.54, 1.807) is 6.92 Å².